The van der Waals surface area contributed by atoms with Gasteiger partial charge in [0.05, 0.1) is 29.3 Å². The van der Waals surface area contributed by atoms with Gasteiger partial charge in [-0.3, -0.25) is 19.9 Å². The van der Waals surface area contributed by atoms with Gasteiger partial charge in [-0.1, -0.05) is 0 Å². The summed E-state index contributed by atoms with van der Waals surface area (Å²) in [6.07, 6.45) is 7.16. The summed E-state index contributed by atoms with van der Waals surface area (Å²) in [7, 11) is 4.05. The van der Waals surface area contributed by atoms with Gasteiger partial charge in [-0.25, -0.2) is 4.39 Å². The van der Waals surface area contributed by atoms with E-state index < -0.39 is 0 Å². The number of rotatable bonds is 5. The maximum Gasteiger partial charge on any atom is 0.141 e. The molecule has 23 heavy (non-hydrogen) atoms. The van der Waals surface area contributed by atoms with E-state index in [1.54, 1.807) is 6.07 Å². The zero-order chi connectivity index (χ0) is 16.2. The van der Waals surface area contributed by atoms with Crippen LogP contribution in [-0.4, -0.2) is 45.4 Å². The van der Waals surface area contributed by atoms with Crippen LogP contribution in [0.5, 0.6) is 0 Å². The molecular formula is C17H22FN5. The van der Waals surface area contributed by atoms with E-state index >= 15 is 0 Å². The fourth-order valence-corrected chi connectivity index (χ4v) is 3.04. The number of aromatic nitrogens is 3. The van der Waals surface area contributed by atoms with E-state index in [2.05, 4.69) is 19.8 Å². The van der Waals surface area contributed by atoms with Crippen molar-refractivity contribution in [1.82, 2.24) is 24.8 Å². The molecule has 0 aliphatic carbocycles. The maximum absolute atomic E-state index is 13.0. The first-order chi connectivity index (χ1) is 11.1. The molecule has 1 aliphatic rings. The summed E-state index contributed by atoms with van der Waals surface area (Å²) in [6, 6.07) is 3.47. The molecule has 1 fully saturated rings. The Kier molecular flexibility index (Phi) is 4.93. The van der Waals surface area contributed by atoms with Crippen molar-refractivity contribution < 1.29 is 4.39 Å². The smallest absolute Gasteiger partial charge is 0.141 e. The monoisotopic (exact) mass is 315 g/mol. The molecule has 0 amide bonds. The Hall–Kier alpha value is -1.92. The molecule has 2 aromatic heterocycles. The summed E-state index contributed by atoms with van der Waals surface area (Å²) in [4.78, 5) is 17.7. The average molecular weight is 315 g/mol. The molecule has 1 saturated heterocycles. The van der Waals surface area contributed by atoms with Crippen molar-refractivity contribution >= 4 is 0 Å². The van der Waals surface area contributed by atoms with Crippen LogP contribution in [0.1, 0.15) is 36.0 Å². The van der Waals surface area contributed by atoms with Crippen molar-refractivity contribution in [1.29, 1.82) is 0 Å². The van der Waals surface area contributed by atoms with Crippen molar-refractivity contribution in [3.8, 4) is 0 Å². The molecule has 3 rings (SSSR count). The lowest BCUT2D eigenvalue weighted by Crippen LogP contribution is -2.24. The molecular weight excluding hydrogens is 293 g/mol. The second kappa shape index (κ2) is 7.10. The van der Waals surface area contributed by atoms with Gasteiger partial charge in [0.15, 0.2) is 0 Å². The molecule has 1 aliphatic heterocycles. The summed E-state index contributed by atoms with van der Waals surface area (Å²) in [5.74, 6) is -0.297. The summed E-state index contributed by atoms with van der Waals surface area (Å²) < 4.78 is 13.0. The molecule has 0 saturated carbocycles. The van der Waals surface area contributed by atoms with Crippen LogP contribution in [0.3, 0.4) is 0 Å². The predicted molar refractivity (Wildman–Crippen MR) is 86.0 cm³/mol. The SMILES string of the molecule is CN(C)Cc1cncc(C2CCCN2Cc2ccc(F)cn2)n1. The Morgan fingerprint density at radius 1 is 1.22 bits per heavy atom. The lowest BCUT2D eigenvalue weighted by Gasteiger charge is -2.24. The Balaban J connectivity index is 1.74. The number of hydrogen-bond acceptors (Lipinski definition) is 5. The fraction of sp³-hybridized carbons (Fsp3) is 0.471. The van der Waals surface area contributed by atoms with E-state index in [9.17, 15) is 4.39 Å². The Morgan fingerprint density at radius 2 is 2.09 bits per heavy atom. The van der Waals surface area contributed by atoms with Crippen molar-refractivity contribution in [3.05, 3.63) is 53.6 Å². The summed E-state index contributed by atoms with van der Waals surface area (Å²) in [6.45, 7) is 2.50. The third-order valence-corrected chi connectivity index (χ3v) is 4.04. The molecule has 0 spiro atoms. The Morgan fingerprint density at radius 3 is 2.83 bits per heavy atom. The van der Waals surface area contributed by atoms with Crippen molar-refractivity contribution in [2.45, 2.75) is 32.0 Å². The normalized spacial score (nSPS) is 18.7. The van der Waals surface area contributed by atoms with Crippen LogP contribution in [-0.2, 0) is 13.1 Å². The van der Waals surface area contributed by atoms with E-state index in [4.69, 9.17) is 4.98 Å². The van der Waals surface area contributed by atoms with E-state index in [1.165, 1.54) is 12.3 Å². The third kappa shape index (κ3) is 4.09. The molecule has 6 heteroatoms. The van der Waals surface area contributed by atoms with Gasteiger partial charge < -0.3 is 4.90 Å². The van der Waals surface area contributed by atoms with Gasteiger partial charge in [0.25, 0.3) is 0 Å². The standard InChI is InChI=1S/C17H22FN5/c1-22(2)11-15-9-19-10-16(21-15)17-4-3-7-23(17)12-14-6-5-13(18)8-20-14/h5-6,8-10,17H,3-4,7,11-12H2,1-2H3. The van der Waals surface area contributed by atoms with Crippen LogP contribution in [0, 0.1) is 5.82 Å². The minimum absolute atomic E-state index is 0.261. The number of likely N-dealkylation sites (tertiary alicyclic amines) is 1. The maximum atomic E-state index is 13.0. The largest absolute Gasteiger partial charge is 0.304 e. The van der Waals surface area contributed by atoms with Gasteiger partial charge in [0.1, 0.15) is 5.82 Å². The van der Waals surface area contributed by atoms with Crippen molar-refractivity contribution in [3.63, 3.8) is 0 Å². The van der Waals surface area contributed by atoms with Crippen LogP contribution in [0.25, 0.3) is 0 Å². The summed E-state index contributed by atoms with van der Waals surface area (Å²) in [5.41, 5.74) is 2.89. The quantitative estimate of drug-likeness (QED) is 0.848. The van der Waals surface area contributed by atoms with Crippen LogP contribution in [0.15, 0.2) is 30.7 Å². The first-order valence-electron chi connectivity index (χ1n) is 7.92. The zero-order valence-corrected chi connectivity index (χ0v) is 13.6. The highest BCUT2D eigenvalue weighted by Crippen LogP contribution is 2.31. The lowest BCUT2D eigenvalue weighted by atomic mass is 10.1. The highest BCUT2D eigenvalue weighted by molar-refractivity contribution is 5.11. The first-order valence-corrected chi connectivity index (χ1v) is 7.92. The van der Waals surface area contributed by atoms with Crippen LogP contribution in [0.2, 0.25) is 0 Å². The van der Waals surface area contributed by atoms with Crippen molar-refractivity contribution in [2.24, 2.45) is 0 Å². The molecule has 0 N–H and O–H groups in total. The molecule has 2 aromatic rings. The third-order valence-electron chi connectivity index (χ3n) is 4.04. The average Bonchev–Trinajstić information content (AvgIpc) is 2.97. The van der Waals surface area contributed by atoms with Crippen molar-refractivity contribution in [2.75, 3.05) is 20.6 Å². The highest BCUT2D eigenvalue weighted by Gasteiger charge is 2.27. The summed E-state index contributed by atoms with van der Waals surface area (Å²) in [5, 5.41) is 0. The van der Waals surface area contributed by atoms with Gasteiger partial charge >= 0.3 is 0 Å². The molecule has 0 bridgehead atoms. The minimum atomic E-state index is -0.297. The highest BCUT2D eigenvalue weighted by atomic mass is 19.1. The fourth-order valence-electron chi connectivity index (χ4n) is 3.04. The summed E-state index contributed by atoms with van der Waals surface area (Å²) >= 11 is 0. The number of pyridine rings is 1. The van der Waals surface area contributed by atoms with Crippen LogP contribution < -0.4 is 0 Å². The van der Waals surface area contributed by atoms with E-state index in [1.807, 2.05) is 26.5 Å². The molecule has 122 valence electrons. The number of halogens is 1. The Labute approximate surface area is 136 Å². The predicted octanol–water partition coefficient (Wildman–Crippen LogP) is 2.41. The second-order valence-corrected chi connectivity index (χ2v) is 6.27. The molecule has 0 radical (unpaired) electrons. The van der Waals surface area contributed by atoms with Crippen LogP contribution in [0.4, 0.5) is 4.39 Å². The lowest BCUT2D eigenvalue weighted by molar-refractivity contribution is 0.240. The van der Waals surface area contributed by atoms with Gasteiger partial charge in [-0.05, 0) is 45.6 Å². The van der Waals surface area contributed by atoms with Gasteiger partial charge in [0, 0.05) is 25.5 Å². The second-order valence-electron chi connectivity index (χ2n) is 6.27. The van der Waals surface area contributed by atoms with E-state index in [0.29, 0.717) is 6.54 Å². The van der Waals surface area contributed by atoms with Gasteiger partial charge in [0.2, 0.25) is 0 Å². The van der Waals surface area contributed by atoms with E-state index in [-0.39, 0.29) is 11.9 Å². The van der Waals surface area contributed by atoms with Gasteiger partial charge in [-0.2, -0.15) is 0 Å². The van der Waals surface area contributed by atoms with Crippen LogP contribution >= 0.6 is 0 Å². The Bertz CT molecular complexity index is 644. The van der Waals surface area contributed by atoms with Gasteiger partial charge in [-0.15, -0.1) is 0 Å². The topological polar surface area (TPSA) is 45.2 Å². The zero-order valence-electron chi connectivity index (χ0n) is 13.6. The number of nitrogens with zero attached hydrogens (tertiary/aromatic N) is 5. The molecule has 5 nitrogen and oxygen atoms in total. The minimum Gasteiger partial charge on any atom is -0.304 e. The molecule has 1 atom stereocenters. The molecule has 0 aromatic carbocycles. The number of hydrogen-bond donors (Lipinski definition) is 0. The van der Waals surface area contributed by atoms with E-state index in [0.717, 1.165) is 43.0 Å². The molecule has 1 unspecified atom stereocenters. The molecule has 3 heterocycles. The first kappa shape index (κ1) is 16.0.